The van der Waals surface area contributed by atoms with Gasteiger partial charge in [0.2, 0.25) is 0 Å². The average molecular weight is 501 g/mol. The Morgan fingerprint density at radius 3 is 2.89 bits per heavy atom. The predicted octanol–water partition coefficient (Wildman–Crippen LogP) is 3.08. The van der Waals surface area contributed by atoms with E-state index in [0.29, 0.717) is 12.5 Å². The lowest BCUT2D eigenvalue weighted by atomic mass is 10.0. The van der Waals surface area contributed by atoms with Gasteiger partial charge in [-0.15, -0.1) is 24.0 Å². The number of hydrogen-bond donors (Lipinski definition) is 1. The van der Waals surface area contributed by atoms with E-state index in [9.17, 15) is 4.39 Å². The smallest absolute Gasteiger partial charge is 0.193 e. The Kier molecular flexibility index (Phi) is 8.53. The van der Waals surface area contributed by atoms with Crippen molar-refractivity contribution in [3.05, 3.63) is 48.0 Å². The maximum atomic E-state index is 13.7. The Hall–Kier alpha value is -1.84. The summed E-state index contributed by atoms with van der Waals surface area (Å²) in [6, 6.07) is 6.47. The number of para-hydroxylation sites is 1. The number of ether oxygens (including phenoxy) is 1. The number of nitrogens with zero attached hydrogens (tertiary/aromatic N) is 4. The van der Waals surface area contributed by atoms with Gasteiger partial charge in [0.15, 0.2) is 17.5 Å². The summed E-state index contributed by atoms with van der Waals surface area (Å²) in [5.74, 6) is 1.40. The summed E-state index contributed by atoms with van der Waals surface area (Å²) in [5, 5.41) is 7.60. The molecule has 3 rings (SSSR count). The van der Waals surface area contributed by atoms with Gasteiger partial charge >= 0.3 is 0 Å². The van der Waals surface area contributed by atoms with Crippen molar-refractivity contribution in [1.82, 2.24) is 20.0 Å². The van der Waals surface area contributed by atoms with Gasteiger partial charge in [-0.05, 0) is 43.4 Å². The lowest BCUT2D eigenvalue weighted by molar-refractivity contribution is 0.212. The molecule has 0 aliphatic carbocycles. The first kappa shape index (κ1) is 22.4. The van der Waals surface area contributed by atoms with Crippen molar-refractivity contribution < 1.29 is 9.13 Å². The molecule has 0 amide bonds. The van der Waals surface area contributed by atoms with Gasteiger partial charge in [0.25, 0.3) is 0 Å². The quantitative estimate of drug-likeness (QED) is 0.376. The van der Waals surface area contributed by atoms with E-state index in [1.165, 1.54) is 11.6 Å². The monoisotopic (exact) mass is 501 g/mol. The number of halogens is 2. The van der Waals surface area contributed by atoms with Crippen molar-refractivity contribution in [2.24, 2.45) is 18.0 Å². The van der Waals surface area contributed by atoms with Crippen molar-refractivity contribution in [1.29, 1.82) is 0 Å². The van der Waals surface area contributed by atoms with Crippen LogP contribution in [0.25, 0.3) is 0 Å². The van der Waals surface area contributed by atoms with E-state index in [4.69, 9.17) is 4.74 Å². The van der Waals surface area contributed by atoms with E-state index in [0.717, 1.165) is 31.9 Å². The first-order valence-corrected chi connectivity index (χ1v) is 9.39. The van der Waals surface area contributed by atoms with Crippen LogP contribution in [-0.2, 0) is 13.5 Å². The number of nitrogens with one attached hydrogen (secondary N) is 1. The van der Waals surface area contributed by atoms with E-state index in [2.05, 4.69) is 26.5 Å². The normalized spacial score (nSPS) is 17.9. The third-order valence-electron chi connectivity index (χ3n) is 4.79. The highest BCUT2D eigenvalue weighted by atomic mass is 127. The van der Waals surface area contributed by atoms with Gasteiger partial charge in [0.1, 0.15) is 6.10 Å². The molecule has 28 heavy (non-hydrogen) atoms. The summed E-state index contributed by atoms with van der Waals surface area (Å²) in [4.78, 5) is 6.67. The van der Waals surface area contributed by atoms with Crippen LogP contribution >= 0.6 is 24.0 Å². The number of guanidine groups is 1. The highest BCUT2D eigenvalue weighted by Gasteiger charge is 2.25. The molecule has 2 unspecified atom stereocenters. The molecule has 1 aromatic carbocycles. The van der Waals surface area contributed by atoms with Crippen molar-refractivity contribution in [3.8, 4) is 5.75 Å². The second-order valence-corrected chi connectivity index (χ2v) is 7.11. The molecule has 1 aliphatic rings. The molecular formula is C20H29FIN5O. The molecule has 0 radical (unpaired) electrons. The van der Waals surface area contributed by atoms with E-state index in [1.807, 2.05) is 24.9 Å². The topological polar surface area (TPSA) is 54.7 Å². The summed E-state index contributed by atoms with van der Waals surface area (Å²) >= 11 is 0. The molecule has 8 heteroatoms. The molecule has 0 saturated carbocycles. The van der Waals surface area contributed by atoms with Crippen LogP contribution in [0.3, 0.4) is 0 Å². The molecule has 154 valence electrons. The largest absolute Gasteiger partial charge is 0.486 e. The number of likely N-dealkylation sites (tertiary alicyclic amines) is 1. The SMILES string of the molecule is CN=C(NCC(C)Oc1ccccc1F)N1CCC(Cc2cnn(C)c2)C1.I. The maximum absolute atomic E-state index is 13.7. The first-order chi connectivity index (χ1) is 13.0. The minimum atomic E-state index is -0.341. The maximum Gasteiger partial charge on any atom is 0.193 e. The number of aryl methyl sites for hydroxylation is 1. The molecular weight excluding hydrogens is 472 g/mol. The van der Waals surface area contributed by atoms with Crippen LogP contribution in [0.5, 0.6) is 5.75 Å². The Morgan fingerprint density at radius 2 is 2.21 bits per heavy atom. The minimum Gasteiger partial charge on any atom is -0.486 e. The van der Waals surface area contributed by atoms with Crippen molar-refractivity contribution in [2.75, 3.05) is 26.7 Å². The molecule has 6 nitrogen and oxygen atoms in total. The summed E-state index contributed by atoms with van der Waals surface area (Å²) in [5.41, 5.74) is 1.28. The van der Waals surface area contributed by atoms with Crippen molar-refractivity contribution in [3.63, 3.8) is 0 Å². The standard InChI is InChI=1S/C20H28FN5O.HI/c1-15(27-19-7-5-4-6-18(19)21)11-23-20(22-2)26-9-8-16(14-26)10-17-12-24-25(3)13-17;/h4-7,12-13,15-16H,8-11,14H2,1-3H3,(H,22,23);1H. The van der Waals surface area contributed by atoms with E-state index >= 15 is 0 Å². The van der Waals surface area contributed by atoms with E-state index in [-0.39, 0.29) is 41.6 Å². The van der Waals surface area contributed by atoms with Crippen LogP contribution in [0, 0.1) is 11.7 Å². The second-order valence-electron chi connectivity index (χ2n) is 7.11. The third-order valence-corrected chi connectivity index (χ3v) is 4.79. The number of hydrogen-bond acceptors (Lipinski definition) is 3. The fraction of sp³-hybridized carbons (Fsp3) is 0.500. The first-order valence-electron chi connectivity index (χ1n) is 9.39. The summed E-state index contributed by atoms with van der Waals surface area (Å²) in [6.45, 7) is 4.43. The second kappa shape index (κ2) is 10.6. The fourth-order valence-corrected chi connectivity index (χ4v) is 3.47. The Bertz CT molecular complexity index is 781. The average Bonchev–Trinajstić information content (AvgIpc) is 3.27. The molecule has 0 spiro atoms. The molecule has 1 N–H and O–H groups in total. The van der Waals surface area contributed by atoms with Gasteiger partial charge in [-0.2, -0.15) is 5.10 Å². The van der Waals surface area contributed by atoms with Gasteiger partial charge in [0, 0.05) is 33.4 Å². The van der Waals surface area contributed by atoms with Crippen LogP contribution in [0.15, 0.2) is 41.7 Å². The van der Waals surface area contributed by atoms with E-state index < -0.39 is 0 Å². The van der Waals surface area contributed by atoms with Gasteiger partial charge < -0.3 is 15.0 Å². The van der Waals surface area contributed by atoms with Gasteiger partial charge in [-0.3, -0.25) is 9.67 Å². The van der Waals surface area contributed by atoms with Crippen LogP contribution in [0.4, 0.5) is 4.39 Å². The van der Waals surface area contributed by atoms with Gasteiger partial charge in [-0.1, -0.05) is 12.1 Å². The number of aromatic nitrogens is 2. The number of benzene rings is 1. The number of aliphatic imine (C=N–C) groups is 1. The minimum absolute atomic E-state index is 0. The molecule has 1 saturated heterocycles. The van der Waals surface area contributed by atoms with Crippen LogP contribution in [0.1, 0.15) is 18.9 Å². The summed E-state index contributed by atoms with van der Waals surface area (Å²) in [7, 11) is 3.74. The zero-order chi connectivity index (χ0) is 19.2. The zero-order valence-corrected chi connectivity index (χ0v) is 19.0. The Morgan fingerprint density at radius 1 is 1.43 bits per heavy atom. The molecule has 1 aromatic heterocycles. The number of rotatable bonds is 6. The fourth-order valence-electron chi connectivity index (χ4n) is 3.47. The highest BCUT2D eigenvalue weighted by Crippen LogP contribution is 2.21. The molecule has 1 aliphatic heterocycles. The molecule has 2 atom stereocenters. The van der Waals surface area contributed by atoms with Crippen molar-refractivity contribution in [2.45, 2.75) is 25.9 Å². The molecule has 0 bridgehead atoms. The van der Waals surface area contributed by atoms with Crippen LogP contribution in [-0.4, -0.2) is 53.4 Å². The lowest BCUT2D eigenvalue weighted by Crippen LogP contribution is -2.43. The van der Waals surface area contributed by atoms with E-state index in [1.54, 1.807) is 25.2 Å². The zero-order valence-electron chi connectivity index (χ0n) is 16.6. The van der Waals surface area contributed by atoms with Crippen LogP contribution in [0.2, 0.25) is 0 Å². The molecule has 2 heterocycles. The third kappa shape index (κ3) is 6.08. The lowest BCUT2D eigenvalue weighted by Gasteiger charge is -2.23. The predicted molar refractivity (Wildman–Crippen MR) is 120 cm³/mol. The van der Waals surface area contributed by atoms with Gasteiger partial charge in [0.05, 0.1) is 12.7 Å². The van der Waals surface area contributed by atoms with Gasteiger partial charge in [-0.25, -0.2) is 4.39 Å². The Balaban J connectivity index is 0.00000280. The molecule has 2 aromatic rings. The highest BCUT2D eigenvalue weighted by molar-refractivity contribution is 14.0. The van der Waals surface area contributed by atoms with Crippen LogP contribution < -0.4 is 10.1 Å². The Labute approximate surface area is 183 Å². The summed E-state index contributed by atoms with van der Waals surface area (Å²) in [6.07, 6.45) is 6.02. The molecule has 1 fully saturated rings. The summed E-state index contributed by atoms with van der Waals surface area (Å²) < 4.78 is 21.2. The van der Waals surface area contributed by atoms with Crippen molar-refractivity contribution >= 4 is 29.9 Å².